The topological polar surface area (TPSA) is 178 Å². The van der Waals surface area contributed by atoms with Gasteiger partial charge in [0.05, 0.1) is 16.4 Å². The van der Waals surface area contributed by atoms with E-state index in [-0.39, 0.29) is 5.69 Å². The van der Waals surface area contributed by atoms with Crippen molar-refractivity contribution in [1.29, 1.82) is 0 Å². The van der Waals surface area contributed by atoms with Crippen LogP contribution in [0.4, 0.5) is 5.69 Å². The van der Waals surface area contributed by atoms with Gasteiger partial charge in [0.15, 0.2) is 5.44 Å². The number of nitro benzene ring substituents is 1. The van der Waals surface area contributed by atoms with Crippen LogP contribution in [0.15, 0.2) is 29.2 Å². The van der Waals surface area contributed by atoms with E-state index in [1.807, 2.05) is 0 Å². The molecule has 0 bridgehead atoms. The third-order valence-electron chi connectivity index (χ3n) is 2.92. The summed E-state index contributed by atoms with van der Waals surface area (Å²) in [5.74, 6) is 0. The first-order chi connectivity index (χ1) is 10.1. The van der Waals surface area contributed by atoms with Crippen molar-refractivity contribution in [3.05, 3.63) is 34.4 Å². The highest BCUT2D eigenvalue weighted by atomic mass is 32.2. The van der Waals surface area contributed by atoms with Gasteiger partial charge in [-0.05, 0) is 12.1 Å². The lowest BCUT2D eigenvalue weighted by atomic mass is 10.1. The molecule has 0 spiro atoms. The number of aliphatic hydroxyl groups is 5. The number of nitrogens with zero attached hydrogens (tertiary/aromatic N) is 1. The Bertz CT molecular complexity index is 615. The van der Waals surface area contributed by atoms with Crippen molar-refractivity contribution in [2.24, 2.45) is 0 Å². The Morgan fingerprint density at radius 1 is 1.05 bits per heavy atom. The maximum absolute atomic E-state index is 12.0. The summed E-state index contributed by atoms with van der Waals surface area (Å²) in [6, 6.07) is 3.51. The molecule has 0 heterocycles. The molecule has 0 fully saturated rings. The number of aliphatic hydroxyl groups excluding tert-OH is 5. The molecule has 0 saturated carbocycles. The standard InChI is InChI=1S/C11H15NO9S/c13-5-8(14)9(15)10(16)11(17)22(20,21)7-3-1-6(2-4-7)12(18)19/h1-4,8-11,13-17H,5H2/t8-,9+,10-,11?/m1/s1. The van der Waals surface area contributed by atoms with Gasteiger partial charge in [-0.3, -0.25) is 10.1 Å². The fourth-order valence-corrected chi connectivity index (χ4v) is 2.91. The predicted octanol–water partition coefficient (Wildman–Crippen LogP) is -2.24. The molecule has 0 aromatic heterocycles. The third-order valence-corrected chi connectivity index (χ3v) is 4.76. The summed E-state index contributed by atoms with van der Waals surface area (Å²) in [6.07, 6.45) is -6.24. The van der Waals surface area contributed by atoms with Gasteiger partial charge < -0.3 is 25.5 Å². The van der Waals surface area contributed by atoms with Gasteiger partial charge >= 0.3 is 0 Å². The van der Waals surface area contributed by atoms with Crippen LogP contribution in [0.2, 0.25) is 0 Å². The van der Waals surface area contributed by atoms with Crippen LogP contribution in [0.25, 0.3) is 0 Å². The molecular formula is C11H15NO9S. The Labute approximate surface area is 125 Å². The highest BCUT2D eigenvalue weighted by Crippen LogP contribution is 2.22. The highest BCUT2D eigenvalue weighted by molar-refractivity contribution is 7.92. The molecule has 0 aliphatic rings. The maximum atomic E-state index is 12.0. The molecule has 5 N–H and O–H groups in total. The Balaban J connectivity index is 3.04. The lowest BCUT2D eigenvalue weighted by Crippen LogP contribution is -2.48. The van der Waals surface area contributed by atoms with E-state index < -0.39 is 50.0 Å². The second-order valence-electron chi connectivity index (χ2n) is 4.42. The summed E-state index contributed by atoms with van der Waals surface area (Å²) in [6.45, 7) is -0.956. The quantitative estimate of drug-likeness (QED) is 0.272. The van der Waals surface area contributed by atoms with Gasteiger partial charge in [0.1, 0.15) is 18.3 Å². The summed E-state index contributed by atoms with van der Waals surface area (Å²) < 4.78 is 24.1. The van der Waals surface area contributed by atoms with Crippen LogP contribution in [-0.4, -0.2) is 69.2 Å². The second kappa shape index (κ2) is 7.09. The van der Waals surface area contributed by atoms with E-state index in [1.54, 1.807) is 0 Å². The van der Waals surface area contributed by atoms with Crippen molar-refractivity contribution in [3.8, 4) is 0 Å². The lowest BCUT2D eigenvalue weighted by Gasteiger charge is -2.25. The van der Waals surface area contributed by atoms with Crippen LogP contribution in [0, 0.1) is 10.1 Å². The van der Waals surface area contributed by atoms with E-state index in [0.29, 0.717) is 0 Å². The number of nitro groups is 1. The number of sulfone groups is 1. The molecule has 22 heavy (non-hydrogen) atoms. The average molecular weight is 337 g/mol. The van der Waals surface area contributed by atoms with Crippen LogP contribution < -0.4 is 0 Å². The van der Waals surface area contributed by atoms with Gasteiger partial charge in [-0.1, -0.05) is 0 Å². The fraction of sp³-hybridized carbons (Fsp3) is 0.455. The first-order valence-electron chi connectivity index (χ1n) is 5.94. The van der Waals surface area contributed by atoms with Gasteiger partial charge in [-0.25, -0.2) is 8.42 Å². The van der Waals surface area contributed by atoms with Crippen LogP contribution in [0.1, 0.15) is 0 Å². The maximum Gasteiger partial charge on any atom is 0.269 e. The molecule has 1 aromatic rings. The smallest absolute Gasteiger partial charge is 0.269 e. The molecule has 4 atom stereocenters. The minimum atomic E-state index is -4.54. The molecule has 11 heteroatoms. The molecule has 1 unspecified atom stereocenters. The summed E-state index contributed by atoms with van der Waals surface area (Å²) in [5.41, 5.74) is -2.87. The van der Waals surface area contributed by atoms with E-state index in [0.717, 1.165) is 24.3 Å². The van der Waals surface area contributed by atoms with Gasteiger partial charge in [0.2, 0.25) is 9.84 Å². The van der Waals surface area contributed by atoms with Crippen molar-refractivity contribution in [1.82, 2.24) is 0 Å². The summed E-state index contributed by atoms with van der Waals surface area (Å²) in [5, 5.41) is 56.9. The van der Waals surface area contributed by atoms with Crippen molar-refractivity contribution >= 4 is 15.5 Å². The van der Waals surface area contributed by atoms with Gasteiger partial charge in [0, 0.05) is 12.1 Å². The summed E-state index contributed by atoms with van der Waals surface area (Å²) in [7, 11) is -4.54. The largest absolute Gasteiger partial charge is 0.394 e. The zero-order valence-electron chi connectivity index (χ0n) is 11.1. The Hall–Kier alpha value is -1.63. The second-order valence-corrected chi connectivity index (χ2v) is 6.46. The zero-order valence-corrected chi connectivity index (χ0v) is 11.9. The summed E-state index contributed by atoms with van der Waals surface area (Å²) in [4.78, 5) is 9.22. The number of rotatable bonds is 7. The molecule has 0 amide bonds. The van der Waals surface area contributed by atoms with E-state index in [4.69, 9.17) is 10.2 Å². The third kappa shape index (κ3) is 3.76. The van der Waals surface area contributed by atoms with Crippen LogP contribution in [0.5, 0.6) is 0 Å². The van der Waals surface area contributed by atoms with Crippen molar-refractivity contribution in [3.63, 3.8) is 0 Å². The Morgan fingerprint density at radius 3 is 1.95 bits per heavy atom. The van der Waals surface area contributed by atoms with Crippen LogP contribution >= 0.6 is 0 Å². The van der Waals surface area contributed by atoms with Crippen LogP contribution in [0.3, 0.4) is 0 Å². The minimum Gasteiger partial charge on any atom is -0.394 e. The SMILES string of the molecule is O=[N+]([O-])c1ccc(S(=O)(=O)C(O)[C@H](O)[C@@H](O)[C@H](O)CO)cc1. The average Bonchev–Trinajstić information content (AvgIpc) is 2.51. The highest BCUT2D eigenvalue weighted by Gasteiger charge is 2.38. The molecule has 1 rings (SSSR count). The van der Waals surface area contributed by atoms with Crippen molar-refractivity contribution < 1.29 is 38.9 Å². The Kier molecular flexibility index (Phi) is 5.93. The van der Waals surface area contributed by atoms with Gasteiger partial charge in [-0.15, -0.1) is 0 Å². The normalized spacial score (nSPS) is 17.5. The van der Waals surface area contributed by atoms with E-state index in [1.165, 1.54) is 0 Å². The Morgan fingerprint density at radius 2 is 1.55 bits per heavy atom. The predicted molar refractivity (Wildman–Crippen MR) is 71.4 cm³/mol. The fourth-order valence-electron chi connectivity index (χ4n) is 1.58. The monoisotopic (exact) mass is 337 g/mol. The molecule has 10 nitrogen and oxygen atoms in total. The van der Waals surface area contributed by atoms with E-state index >= 15 is 0 Å². The molecular weight excluding hydrogens is 322 g/mol. The zero-order chi connectivity index (χ0) is 17.1. The molecule has 0 radical (unpaired) electrons. The molecule has 124 valence electrons. The van der Waals surface area contributed by atoms with E-state index in [9.17, 15) is 33.9 Å². The summed E-state index contributed by atoms with van der Waals surface area (Å²) >= 11 is 0. The lowest BCUT2D eigenvalue weighted by molar-refractivity contribution is -0.384. The van der Waals surface area contributed by atoms with Gasteiger partial charge in [0.25, 0.3) is 5.69 Å². The molecule has 0 aliphatic carbocycles. The first-order valence-corrected chi connectivity index (χ1v) is 7.49. The van der Waals surface area contributed by atoms with E-state index in [2.05, 4.69) is 0 Å². The first kappa shape index (κ1) is 18.4. The molecule has 1 aromatic carbocycles. The number of hydrogen-bond donors (Lipinski definition) is 5. The molecule has 0 saturated heterocycles. The number of benzene rings is 1. The number of non-ortho nitro benzene ring substituents is 1. The molecule has 0 aliphatic heterocycles. The van der Waals surface area contributed by atoms with Crippen molar-refractivity contribution in [2.45, 2.75) is 28.6 Å². The van der Waals surface area contributed by atoms with Gasteiger partial charge in [-0.2, -0.15) is 0 Å². The minimum absolute atomic E-state index is 0.371. The van der Waals surface area contributed by atoms with Crippen molar-refractivity contribution in [2.75, 3.05) is 6.61 Å². The number of hydrogen-bond acceptors (Lipinski definition) is 9. The van der Waals surface area contributed by atoms with Crippen LogP contribution in [-0.2, 0) is 9.84 Å².